The maximum absolute atomic E-state index is 12.9. The minimum absolute atomic E-state index is 0.161. The number of benzene rings is 1. The predicted octanol–water partition coefficient (Wildman–Crippen LogP) is 2.83. The number of rotatable bonds is 2. The van der Waals surface area contributed by atoms with E-state index in [2.05, 4.69) is 5.10 Å². The highest BCUT2D eigenvalue weighted by Gasteiger charge is 2.35. The predicted molar refractivity (Wildman–Crippen MR) is 63.5 cm³/mol. The molecule has 1 aromatic carbocycles. The van der Waals surface area contributed by atoms with Crippen LogP contribution in [0.2, 0.25) is 0 Å². The smallest absolute Gasteiger partial charge is 0.384 e. The van der Waals surface area contributed by atoms with Crippen molar-refractivity contribution in [3.05, 3.63) is 52.8 Å². The Balaban J connectivity index is 2.50. The van der Waals surface area contributed by atoms with Gasteiger partial charge in [0.25, 0.3) is 0 Å². The summed E-state index contributed by atoms with van der Waals surface area (Å²) in [6.07, 6.45) is -4.31. The average molecular weight is 270 g/mol. The van der Waals surface area contributed by atoms with E-state index in [1.54, 1.807) is 14.0 Å². The van der Waals surface area contributed by atoms with Crippen LogP contribution < -0.4 is 0 Å². The van der Waals surface area contributed by atoms with Gasteiger partial charge in [0.15, 0.2) is 0 Å². The third-order valence-corrected chi connectivity index (χ3v) is 2.91. The fraction of sp³-hybridized carbons (Fsp3) is 0.308. The lowest BCUT2D eigenvalue weighted by atomic mass is 9.97. The molecule has 0 saturated carbocycles. The molecule has 1 unspecified atom stereocenters. The van der Waals surface area contributed by atoms with Crippen molar-refractivity contribution in [2.45, 2.75) is 19.2 Å². The minimum Gasteiger partial charge on any atom is -0.384 e. The molecule has 0 spiro atoms. The minimum atomic E-state index is -4.49. The Bertz CT molecular complexity index is 590. The van der Waals surface area contributed by atoms with Crippen molar-refractivity contribution in [1.82, 2.24) is 9.78 Å². The summed E-state index contributed by atoms with van der Waals surface area (Å²) in [4.78, 5) is 0. The maximum atomic E-state index is 12.9. The van der Waals surface area contributed by atoms with Crippen molar-refractivity contribution in [1.29, 1.82) is 0 Å². The van der Waals surface area contributed by atoms with Crippen LogP contribution in [0.5, 0.6) is 0 Å². The molecule has 102 valence electrons. The Morgan fingerprint density at radius 2 is 1.84 bits per heavy atom. The van der Waals surface area contributed by atoms with Gasteiger partial charge in [0.2, 0.25) is 0 Å². The van der Waals surface area contributed by atoms with Gasteiger partial charge in [-0.2, -0.15) is 18.3 Å². The molecule has 0 radical (unpaired) electrons. The lowest BCUT2D eigenvalue weighted by Gasteiger charge is -2.17. The standard InChI is InChI=1S/C13H13F3N2O/c1-8-10(7-18(2)17-8)12(19)9-5-3-4-6-11(9)13(14,15)16/h3-7,12,19H,1-2H3. The summed E-state index contributed by atoms with van der Waals surface area (Å²) in [6.45, 7) is 1.65. The summed E-state index contributed by atoms with van der Waals surface area (Å²) in [6, 6.07) is 5.01. The number of aliphatic hydroxyl groups is 1. The van der Waals surface area contributed by atoms with Gasteiger partial charge in [0.1, 0.15) is 6.10 Å². The number of halogens is 3. The van der Waals surface area contributed by atoms with Crippen molar-refractivity contribution < 1.29 is 18.3 Å². The second-order valence-electron chi connectivity index (χ2n) is 4.33. The lowest BCUT2D eigenvalue weighted by Crippen LogP contribution is -2.12. The Morgan fingerprint density at radius 1 is 1.21 bits per heavy atom. The zero-order valence-corrected chi connectivity index (χ0v) is 10.4. The first-order chi connectivity index (χ1) is 8.80. The Morgan fingerprint density at radius 3 is 2.37 bits per heavy atom. The first-order valence-electron chi connectivity index (χ1n) is 5.65. The van der Waals surface area contributed by atoms with Gasteiger partial charge >= 0.3 is 6.18 Å². The molecule has 0 saturated heterocycles. The first kappa shape index (κ1) is 13.6. The van der Waals surface area contributed by atoms with Gasteiger partial charge in [-0.15, -0.1) is 0 Å². The van der Waals surface area contributed by atoms with Crippen molar-refractivity contribution in [3.8, 4) is 0 Å². The largest absolute Gasteiger partial charge is 0.416 e. The van der Waals surface area contributed by atoms with Crippen LogP contribution >= 0.6 is 0 Å². The summed E-state index contributed by atoms with van der Waals surface area (Å²) in [5, 5.41) is 14.2. The third-order valence-electron chi connectivity index (χ3n) is 2.91. The monoisotopic (exact) mass is 270 g/mol. The van der Waals surface area contributed by atoms with Gasteiger partial charge < -0.3 is 5.11 Å². The van der Waals surface area contributed by atoms with E-state index in [9.17, 15) is 18.3 Å². The van der Waals surface area contributed by atoms with Crippen molar-refractivity contribution >= 4 is 0 Å². The third kappa shape index (κ3) is 2.63. The summed E-state index contributed by atoms with van der Waals surface area (Å²) < 4.78 is 40.2. The number of hydrogen-bond acceptors (Lipinski definition) is 2. The van der Waals surface area contributed by atoms with E-state index in [1.165, 1.54) is 29.1 Å². The first-order valence-corrected chi connectivity index (χ1v) is 5.65. The SMILES string of the molecule is Cc1nn(C)cc1C(O)c1ccccc1C(F)(F)F. The van der Waals surface area contributed by atoms with Gasteiger partial charge in [-0.25, -0.2) is 0 Å². The molecule has 0 fully saturated rings. The van der Waals surface area contributed by atoms with E-state index in [4.69, 9.17) is 0 Å². The van der Waals surface area contributed by atoms with Gasteiger partial charge in [0, 0.05) is 18.8 Å². The van der Waals surface area contributed by atoms with E-state index in [-0.39, 0.29) is 5.56 Å². The molecule has 1 N–H and O–H groups in total. The average Bonchev–Trinajstić information content (AvgIpc) is 2.66. The molecule has 0 amide bonds. The van der Waals surface area contributed by atoms with Gasteiger partial charge in [-0.1, -0.05) is 18.2 Å². The van der Waals surface area contributed by atoms with Crippen LogP contribution in [0.3, 0.4) is 0 Å². The van der Waals surface area contributed by atoms with Gasteiger partial charge in [0.05, 0.1) is 11.3 Å². The highest BCUT2D eigenvalue weighted by molar-refractivity contribution is 5.38. The highest BCUT2D eigenvalue weighted by Crippen LogP contribution is 2.36. The second-order valence-corrected chi connectivity index (χ2v) is 4.33. The molecule has 1 atom stereocenters. The fourth-order valence-corrected chi connectivity index (χ4v) is 2.05. The van der Waals surface area contributed by atoms with Crippen LogP contribution in [-0.4, -0.2) is 14.9 Å². The molecule has 0 aliphatic rings. The molecule has 1 aromatic heterocycles. The zero-order valence-electron chi connectivity index (χ0n) is 10.4. The van der Waals surface area contributed by atoms with Crippen molar-refractivity contribution in [2.75, 3.05) is 0 Å². The summed E-state index contributed by atoms with van der Waals surface area (Å²) in [5.41, 5.74) is -0.108. The van der Waals surface area contributed by atoms with Crippen molar-refractivity contribution in [2.24, 2.45) is 7.05 Å². The van der Waals surface area contributed by atoms with Crippen molar-refractivity contribution in [3.63, 3.8) is 0 Å². The molecule has 0 aliphatic heterocycles. The van der Waals surface area contributed by atoms with Crippen LogP contribution in [0.1, 0.15) is 28.5 Å². The van der Waals surface area contributed by atoms with Gasteiger partial charge in [-0.3, -0.25) is 4.68 Å². The number of aromatic nitrogens is 2. The van der Waals surface area contributed by atoms with Gasteiger partial charge in [-0.05, 0) is 18.6 Å². The molecule has 19 heavy (non-hydrogen) atoms. The molecular weight excluding hydrogens is 257 g/mol. The second kappa shape index (κ2) is 4.70. The Labute approximate surface area is 108 Å². The number of hydrogen-bond donors (Lipinski definition) is 1. The molecule has 6 heteroatoms. The maximum Gasteiger partial charge on any atom is 0.416 e. The summed E-state index contributed by atoms with van der Waals surface area (Å²) >= 11 is 0. The number of nitrogens with zero attached hydrogens (tertiary/aromatic N) is 2. The van der Waals surface area contributed by atoms with Crippen LogP contribution in [0.25, 0.3) is 0 Å². The quantitative estimate of drug-likeness (QED) is 0.911. The normalized spacial score (nSPS) is 13.6. The molecule has 0 aliphatic carbocycles. The zero-order chi connectivity index (χ0) is 14.2. The topological polar surface area (TPSA) is 38.0 Å². The molecule has 2 aromatic rings. The highest BCUT2D eigenvalue weighted by atomic mass is 19.4. The van der Waals surface area contributed by atoms with E-state index in [1.807, 2.05) is 0 Å². The number of aryl methyl sites for hydroxylation is 2. The lowest BCUT2D eigenvalue weighted by molar-refractivity contribution is -0.139. The summed E-state index contributed by atoms with van der Waals surface area (Å²) in [7, 11) is 1.65. The Kier molecular flexibility index (Phi) is 3.36. The molecule has 3 nitrogen and oxygen atoms in total. The van der Waals surface area contributed by atoms with Crippen LogP contribution in [0.4, 0.5) is 13.2 Å². The molecular formula is C13H13F3N2O. The Hall–Kier alpha value is -1.82. The summed E-state index contributed by atoms with van der Waals surface area (Å²) in [5.74, 6) is 0. The molecule has 1 heterocycles. The van der Waals surface area contributed by atoms with E-state index in [0.717, 1.165) is 6.07 Å². The van der Waals surface area contributed by atoms with E-state index < -0.39 is 17.8 Å². The van der Waals surface area contributed by atoms with Crippen LogP contribution in [0.15, 0.2) is 30.5 Å². The molecule has 2 rings (SSSR count). The van der Waals surface area contributed by atoms with Crippen LogP contribution in [-0.2, 0) is 13.2 Å². The fourth-order valence-electron chi connectivity index (χ4n) is 2.05. The number of aliphatic hydroxyl groups excluding tert-OH is 1. The van der Waals surface area contributed by atoms with E-state index >= 15 is 0 Å². The molecule has 0 bridgehead atoms. The number of alkyl halides is 3. The van der Waals surface area contributed by atoms with Crippen LogP contribution in [0, 0.1) is 6.92 Å². The van der Waals surface area contributed by atoms with E-state index in [0.29, 0.717) is 11.3 Å².